The van der Waals surface area contributed by atoms with Crippen molar-refractivity contribution in [1.29, 1.82) is 0 Å². The van der Waals surface area contributed by atoms with Crippen LogP contribution < -0.4 is 21.2 Å². The summed E-state index contributed by atoms with van der Waals surface area (Å²) >= 11 is 0.477. The molecule has 2 rings (SSSR count). The first-order valence-corrected chi connectivity index (χ1v) is 10.9. The number of alkyl halides is 2. The number of likely N-dealkylation sites (tertiary alicyclic amines) is 1. The SMILES string of the molecule is CC(C)C1CCC([I-]C2CCN(C(C)C)CC2)CC1. The third-order valence-corrected chi connectivity index (χ3v) is 9.72. The molecule has 114 valence electrons. The summed E-state index contributed by atoms with van der Waals surface area (Å²) in [6.07, 6.45) is 9.23. The summed E-state index contributed by atoms with van der Waals surface area (Å²) in [6.45, 7) is 12.3. The van der Waals surface area contributed by atoms with Gasteiger partial charge in [-0.3, -0.25) is 0 Å². The molecule has 0 unspecified atom stereocenters. The maximum atomic E-state index is 2.68. The third-order valence-electron chi connectivity index (χ3n) is 5.19. The molecule has 1 heterocycles. The molecule has 0 aromatic carbocycles. The van der Waals surface area contributed by atoms with Crippen LogP contribution >= 0.6 is 0 Å². The van der Waals surface area contributed by atoms with Crippen LogP contribution in [0.25, 0.3) is 0 Å². The van der Waals surface area contributed by atoms with E-state index in [1.807, 2.05) is 0 Å². The van der Waals surface area contributed by atoms with Crippen LogP contribution in [0.4, 0.5) is 0 Å². The minimum atomic E-state index is 0.477. The van der Waals surface area contributed by atoms with E-state index in [1.54, 1.807) is 12.8 Å². The molecule has 0 spiro atoms. The molecule has 2 heteroatoms. The van der Waals surface area contributed by atoms with Gasteiger partial charge in [0.25, 0.3) is 0 Å². The Labute approximate surface area is 131 Å². The molecule has 2 fully saturated rings. The first-order valence-electron chi connectivity index (χ1n) is 8.42. The fourth-order valence-electron chi connectivity index (χ4n) is 3.63. The Hall–Kier alpha value is 0.690. The van der Waals surface area contributed by atoms with E-state index in [1.165, 1.54) is 42.7 Å². The van der Waals surface area contributed by atoms with Gasteiger partial charge in [-0.05, 0) is 0 Å². The maximum absolute atomic E-state index is 2.68. The average Bonchev–Trinajstić information content (AvgIpc) is 2.40. The zero-order valence-electron chi connectivity index (χ0n) is 13.4. The Morgan fingerprint density at radius 3 is 1.79 bits per heavy atom. The van der Waals surface area contributed by atoms with Gasteiger partial charge in [-0.15, -0.1) is 0 Å². The summed E-state index contributed by atoms with van der Waals surface area (Å²) in [5, 5.41) is 0. The van der Waals surface area contributed by atoms with Gasteiger partial charge in [0.05, 0.1) is 0 Å². The Balaban J connectivity index is 1.67. The molecule has 0 amide bonds. The van der Waals surface area contributed by atoms with Gasteiger partial charge in [0.1, 0.15) is 0 Å². The topological polar surface area (TPSA) is 3.24 Å². The molecular weight excluding hydrogens is 345 g/mol. The van der Waals surface area contributed by atoms with Crippen LogP contribution in [-0.2, 0) is 0 Å². The van der Waals surface area contributed by atoms with Crippen molar-refractivity contribution < 1.29 is 21.2 Å². The average molecular weight is 378 g/mol. The van der Waals surface area contributed by atoms with E-state index in [4.69, 9.17) is 0 Å². The standard InChI is InChI=1S/C17H33IN/c1-13(2)15-5-7-16(8-6-15)18-17-9-11-19(12-10-17)14(3)4/h13-17H,5-12H2,1-4H3/q-1. The predicted molar refractivity (Wildman–Crippen MR) is 80.3 cm³/mol. The van der Waals surface area contributed by atoms with Crippen LogP contribution in [0.15, 0.2) is 0 Å². The normalized spacial score (nSPS) is 31.5. The molecule has 2 aliphatic rings. The van der Waals surface area contributed by atoms with Crippen LogP contribution in [0.3, 0.4) is 0 Å². The molecule has 0 N–H and O–H groups in total. The third kappa shape index (κ3) is 4.87. The molecule has 0 aromatic rings. The van der Waals surface area contributed by atoms with Crippen LogP contribution in [0.1, 0.15) is 66.2 Å². The number of piperidine rings is 1. The van der Waals surface area contributed by atoms with Gasteiger partial charge in [-0.1, -0.05) is 0 Å². The molecule has 0 aromatic heterocycles. The van der Waals surface area contributed by atoms with Crippen molar-refractivity contribution in [2.45, 2.75) is 80.1 Å². The summed E-state index contributed by atoms with van der Waals surface area (Å²) < 4.78 is 2.32. The summed E-state index contributed by atoms with van der Waals surface area (Å²) in [6, 6.07) is 0.764. The molecule has 0 atom stereocenters. The van der Waals surface area contributed by atoms with Gasteiger partial charge in [0.15, 0.2) is 0 Å². The summed E-state index contributed by atoms with van der Waals surface area (Å²) in [4.78, 5) is 2.68. The Kier molecular flexibility index (Phi) is 6.45. The van der Waals surface area contributed by atoms with Crippen molar-refractivity contribution in [1.82, 2.24) is 4.90 Å². The van der Waals surface area contributed by atoms with Crippen molar-refractivity contribution in [3.05, 3.63) is 0 Å². The molecule has 0 bridgehead atoms. The van der Waals surface area contributed by atoms with E-state index in [0.717, 1.165) is 21.8 Å². The van der Waals surface area contributed by atoms with Crippen LogP contribution in [0, 0.1) is 11.8 Å². The Morgan fingerprint density at radius 1 is 0.789 bits per heavy atom. The molecule has 1 aliphatic heterocycles. The zero-order chi connectivity index (χ0) is 13.8. The Morgan fingerprint density at radius 2 is 1.32 bits per heavy atom. The molecule has 1 nitrogen and oxygen atoms in total. The van der Waals surface area contributed by atoms with Gasteiger partial charge in [0.2, 0.25) is 0 Å². The van der Waals surface area contributed by atoms with Crippen molar-refractivity contribution in [3.63, 3.8) is 0 Å². The van der Waals surface area contributed by atoms with E-state index >= 15 is 0 Å². The summed E-state index contributed by atoms with van der Waals surface area (Å²) in [5.41, 5.74) is 0. The second-order valence-corrected chi connectivity index (χ2v) is 11.4. The molecular formula is C17H33IN-. The van der Waals surface area contributed by atoms with Gasteiger partial charge in [-0.2, -0.15) is 0 Å². The molecule has 1 saturated carbocycles. The van der Waals surface area contributed by atoms with Gasteiger partial charge >= 0.3 is 131 Å². The fourth-order valence-corrected chi connectivity index (χ4v) is 7.79. The molecule has 1 aliphatic carbocycles. The second-order valence-electron chi connectivity index (χ2n) is 7.19. The van der Waals surface area contributed by atoms with Crippen molar-refractivity contribution in [2.75, 3.05) is 13.1 Å². The van der Waals surface area contributed by atoms with E-state index < -0.39 is 0 Å². The quantitative estimate of drug-likeness (QED) is 0.524. The Bertz CT molecular complexity index is 222. The van der Waals surface area contributed by atoms with Gasteiger partial charge in [0, 0.05) is 0 Å². The second kappa shape index (κ2) is 7.63. The molecule has 19 heavy (non-hydrogen) atoms. The first kappa shape index (κ1) is 16.1. The van der Waals surface area contributed by atoms with E-state index in [-0.39, 0.29) is 0 Å². The number of halogens is 1. The van der Waals surface area contributed by atoms with Crippen LogP contribution in [-0.4, -0.2) is 31.9 Å². The van der Waals surface area contributed by atoms with Crippen molar-refractivity contribution in [3.8, 4) is 0 Å². The summed E-state index contributed by atoms with van der Waals surface area (Å²) in [5.74, 6) is 1.97. The summed E-state index contributed by atoms with van der Waals surface area (Å²) in [7, 11) is 0. The zero-order valence-corrected chi connectivity index (χ0v) is 15.5. The van der Waals surface area contributed by atoms with E-state index in [2.05, 4.69) is 32.6 Å². The van der Waals surface area contributed by atoms with Crippen LogP contribution in [0.5, 0.6) is 0 Å². The van der Waals surface area contributed by atoms with E-state index in [9.17, 15) is 0 Å². The molecule has 1 saturated heterocycles. The number of rotatable bonds is 4. The fraction of sp³-hybridized carbons (Fsp3) is 1.00. The minimum absolute atomic E-state index is 0.477. The predicted octanol–water partition coefficient (Wildman–Crippen LogP) is 1.16. The van der Waals surface area contributed by atoms with Crippen molar-refractivity contribution in [2.24, 2.45) is 11.8 Å². The molecule has 0 radical (unpaired) electrons. The number of nitrogens with zero attached hydrogens (tertiary/aromatic N) is 1. The van der Waals surface area contributed by atoms with Gasteiger partial charge < -0.3 is 0 Å². The monoisotopic (exact) mass is 378 g/mol. The van der Waals surface area contributed by atoms with E-state index in [0.29, 0.717) is 21.2 Å². The number of hydrogen-bond donors (Lipinski definition) is 0. The van der Waals surface area contributed by atoms with Crippen LogP contribution in [0.2, 0.25) is 0 Å². The number of hydrogen-bond acceptors (Lipinski definition) is 1. The first-order chi connectivity index (χ1) is 9.06. The van der Waals surface area contributed by atoms with Gasteiger partial charge in [-0.25, -0.2) is 0 Å². The van der Waals surface area contributed by atoms with Crippen molar-refractivity contribution >= 4 is 0 Å².